The number of anilines is 9. The van der Waals surface area contributed by atoms with Gasteiger partial charge in [-0.25, -0.2) is 0 Å². The number of hydrogen-bond acceptors (Lipinski definition) is 24. The summed E-state index contributed by atoms with van der Waals surface area (Å²) in [6, 6.07) is 1.16. The quantitative estimate of drug-likeness (QED) is 0.0354. The lowest BCUT2D eigenvalue weighted by atomic mass is 9.79. The topological polar surface area (TPSA) is 235 Å². The van der Waals surface area contributed by atoms with Gasteiger partial charge in [-0.3, -0.25) is 0 Å². The van der Waals surface area contributed by atoms with Gasteiger partial charge < -0.3 is 76.8 Å². The zero-order valence-corrected chi connectivity index (χ0v) is 70.7. The number of hydrogen-bond donors (Lipinski definition) is 8. The first-order chi connectivity index (χ1) is 47.4. The molecule has 0 amide bonds. The molecular weight excluding hydrogens is 1290 g/mol. The third-order valence-corrected chi connectivity index (χ3v) is 22.7. The molecule has 6 aliphatic heterocycles. The Kier molecular flexibility index (Phi) is 24.1. The lowest BCUT2D eigenvalue weighted by Gasteiger charge is -2.50. The highest BCUT2D eigenvalue weighted by Crippen LogP contribution is 2.41. The van der Waals surface area contributed by atoms with Crippen LogP contribution in [-0.4, -0.2) is 213 Å². The zero-order chi connectivity index (χ0) is 76.3. The summed E-state index contributed by atoms with van der Waals surface area (Å²) >= 11 is 0. The Balaban J connectivity index is 1.17. The third-order valence-electron chi connectivity index (χ3n) is 22.7. The van der Waals surface area contributed by atoms with E-state index in [0.29, 0.717) is 79.7 Å². The predicted octanol–water partition coefficient (Wildman–Crippen LogP) is 12.1. The van der Waals surface area contributed by atoms with Gasteiger partial charge in [0.15, 0.2) is 0 Å². The molecule has 6 saturated heterocycles. The van der Waals surface area contributed by atoms with Crippen molar-refractivity contribution in [2.45, 2.75) is 387 Å². The van der Waals surface area contributed by atoms with Crippen LogP contribution < -0.4 is 76.8 Å². The Hall–Kier alpha value is -5.01. The van der Waals surface area contributed by atoms with Gasteiger partial charge in [0.05, 0.1) is 0 Å². The Morgan fingerprint density at radius 1 is 0.243 bits per heavy atom. The van der Waals surface area contributed by atoms with Crippen molar-refractivity contribution in [3.63, 3.8) is 0 Å². The molecule has 8 N–H and O–H groups in total. The highest BCUT2D eigenvalue weighted by molar-refractivity contribution is 5.52. The van der Waals surface area contributed by atoms with E-state index in [2.05, 4.69) is 285 Å². The van der Waals surface area contributed by atoms with E-state index in [9.17, 15) is 0 Å². The summed E-state index contributed by atoms with van der Waals surface area (Å²) in [6.07, 6.45) is 11.4. The summed E-state index contributed by atoms with van der Waals surface area (Å²) in [5, 5.41) is 31.5. The highest BCUT2D eigenvalue weighted by atomic mass is 15.4. The lowest BCUT2D eigenvalue weighted by Crippen LogP contribution is -2.63. The normalized spacial score (nSPS) is 24.2. The molecule has 0 aromatic carbocycles. The van der Waals surface area contributed by atoms with E-state index in [1.807, 2.05) is 0 Å². The molecule has 3 aromatic rings. The van der Waals surface area contributed by atoms with Gasteiger partial charge in [0.1, 0.15) is 0 Å². The van der Waals surface area contributed by atoms with Crippen molar-refractivity contribution in [2.24, 2.45) is 0 Å². The van der Waals surface area contributed by atoms with Crippen LogP contribution in [0.1, 0.15) is 285 Å². The molecule has 24 heteroatoms. The van der Waals surface area contributed by atoms with Crippen molar-refractivity contribution in [3.05, 3.63) is 0 Å². The van der Waals surface area contributed by atoms with Gasteiger partial charge in [-0.05, 0) is 285 Å². The van der Waals surface area contributed by atoms with Crippen LogP contribution >= 0.6 is 0 Å². The van der Waals surface area contributed by atoms with E-state index < -0.39 is 0 Å². The number of nitrogens with one attached hydrogen (secondary N) is 8. The van der Waals surface area contributed by atoms with Gasteiger partial charge in [-0.1, -0.05) is 0 Å². The van der Waals surface area contributed by atoms with E-state index in [-0.39, 0.29) is 103 Å². The van der Waals surface area contributed by atoms with Gasteiger partial charge in [-0.15, -0.1) is 0 Å². The minimum Gasteiger partial charge on any atom is -0.352 e. The van der Waals surface area contributed by atoms with Gasteiger partial charge >= 0.3 is 0 Å². The van der Waals surface area contributed by atoms with E-state index in [1.165, 1.54) is 0 Å². The Morgan fingerprint density at radius 2 is 0.388 bits per heavy atom. The van der Waals surface area contributed by atoms with Crippen molar-refractivity contribution >= 4 is 53.5 Å². The van der Waals surface area contributed by atoms with E-state index in [1.54, 1.807) is 0 Å². The van der Waals surface area contributed by atoms with Crippen LogP contribution in [0.15, 0.2) is 0 Å². The monoisotopic (exact) mass is 1430 g/mol. The molecule has 0 aliphatic carbocycles. The largest absolute Gasteiger partial charge is 0.352 e. The number of aromatic nitrogens is 9. The molecule has 0 radical (unpaired) electrons. The van der Waals surface area contributed by atoms with Crippen LogP contribution in [0.3, 0.4) is 0 Å². The molecular formula is C79H148N24. The first-order valence-corrected chi connectivity index (χ1v) is 40.3. The van der Waals surface area contributed by atoms with Gasteiger partial charge in [-0.2, -0.15) is 44.9 Å². The number of nitrogens with zero attached hydrogens (tertiary/aromatic N) is 16. The van der Waals surface area contributed by atoms with Crippen molar-refractivity contribution in [1.29, 1.82) is 0 Å². The summed E-state index contributed by atoms with van der Waals surface area (Å²) in [5.41, 5.74) is -1.12. The van der Waals surface area contributed by atoms with Crippen LogP contribution in [0.25, 0.3) is 0 Å². The second-order valence-corrected chi connectivity index (χ2v) is 40.0. The van der Waals surface area contributed by atoms with Crippen LogP contribution in [0.4, 0.5) is 53.5 Å². The lowest BCUT2D eigenvalue weighted by molar-refractivity contribution is 0.157. The van der Waals surface area contributed by atoms with Gasteiger partial charge in [0.25, 0.3) is 0 Å². The SMILES string of the molecule is CCN(c1nc(NCCN(CCNc2nc(N(CC)C3CC(C)(C)NC(C)(C)C3)nc(N(CC)C3CC(C)(C)NC(C)(C)C3)n2)c2nc(N(CC)C3CC(C)(C)NC(C)(C)C3)nc(N(CC)C3CC(C)(C)NC(C)(C)C3)n2)nc(N(CC)C2CC(C)(C)NC(C)(C)C2)n1)C1CC(C)(C)NC(C)(C)C1. The molecule has 9 rings (SSSR count). The molecule has 6 aliphatic rings. The van der Waals surface area contributed by atoms with Crippen LogP contribution in [0.2, 0.25) is 0 Å². The van der Waals surface area contributed by atoms with Gasteiger partial charge in [0.2, 0.25) is 53.5 Å². The van der Waals surface area contributed by atoms with E-state index in [4.69, 9.17) is 44.9 Å². The van der Waals surface area contributed by atoms with Crippen LogP contribution in [0.5, 0.6) is 0 Å². The van der Waals surface area contributed by atoms with E-state index in [0.717, 1.165) is 116 Å². The molecule has 584 valence electrons. The molecule has 3 aromatic heterocycles. The number of rotatable bonds is 27. The first-order valence-electron chi connectivity index (χ1n) is 40.3. The van der Waals surface area contributed by atoms with Gasteiger partial charge in [0, 0.05) is 168 Å². The minimum absolute atomic E-state index is 0.0845. The second-order valence-electron chi connectivity index (χ2n) is 40.0. The smallest absolute Gasteiger partial charge is 0.232 e. The maximum absolute atomic E-state index is 5.73. The molecule has 103 heavy (non-hydrogen) atoms. The predicted molar refractivity (Wildman–Crippen MR) is 433 cm³/mol. The third kappa shape index (κ3) is 21.2. The summed E-state index contributed by atoms with van der Waals surface area (Å²) in [7, 11) is 0. The molecule has 0 spiro atoms. The molecule has 24 nitrogen and oxygen atoms in total. The van der Waals surface area contributed by atoms with Crippen molar-refractivity contribution < 1.29 is 0 Å². The summed E-state index contributed by atoms with van der Waals surface area (Å²) in [6.45, 7) is 76.0. The Morgan fingerprint density at radius 3 is 0.544 bits per heavy atom. The molecule has 0 atom stereocenters. The maximum Gasteiger partial charge on any atom is 0.232 e. The molecule has 0 bridgehead atoms. The molecule has 9 heterocycles. The van der Waals surface area contributed by atoms with E-state index >= 15 is 0 Å². The molecule has 0 unspecified atom stereocenters. The summed E-state index contributed by atoms with van der Waals surface area (Å²) in [4.78, 5) is 67.2. The summed E-state index contributed by atoms with van der Waals surface area (Å²) < 4.78 is 0. The number of piperidine rings is 6. The fourth-order valence-electron chi connectivity index (χ4n) is 21.3. The second kappa shape index (κ2) is 30.2. The molecule has 0 saturated carbocycles. The van der Waals surface area contributed by atoms with Crippen molar-refractivity contribution in [2.75, 3.05) is 110 Å². The fourth-order valence-corrected chi connectivity index (χ4v) is 21.3. The van der Waals surface area contributed by atoms with Crippen molar-refractivity contribution in [1.82, 2.24) is 76.8 Å². The standard InChI is InChI=1S/C79H148N24/c1-31-98(53-41-68(7,8)91-69(9,10)42-53)62-82-59(83-63(88-62)99(32-2)54-43-70(11,12)92-71(13,14)44-54)80-37-39-97(61-86-66(102(35-5)57-49-76(23,24)95-77(25,26)50-57)90-67(87-61)103(36-6)58-51-78(27,28)96-79(29,30)52-58)40-38-81-60-84-64(100(33-3)55-45-72(15,16)93-73(17,18)46-55)89-65(85-60)101(34-4)56-47-74(19,20)94-75(21,22)48-56/h53-58,91-96H,31-52H2,1-30H3,(H,80,82,83,88)(H,81,84,85,89). The van der Waals surface area contributed by atoms with Crippen LogP contribution in [-0.2, 0) is 0 Å². The van der Waals surface area contributed by atoms with Crippen molar-refractivity contribution in [3.8, 4) is 0 Å². The van der Waals surface area contributed by atoms with Crippen LogP contribution in [0, 0.1) is 0 Å². The Labute approximate surface area is 625 Å². The fraction of sp³-hybridized carbons (Fsp3) is 0.886. The minimum atomic E-state index is -0.110. The highest BCUT2D eigenvalue weighted by Gasteiger charge is 2.48. The average molecular weight is 1430 g/mol. The summed E-state index contributed by atoms with van der Waals surface area (Å²) in [5.74, 6) is 5.98. The molecule has 6 fully saturated rings. The average Bonchev–Trinajstić information content (AvgIpc) is 0.790. The first kappa shape index (κ1) is 82.1. The Bertz CT molecular complexity index is 2880. The maximum atomic E-state index is 5.73. The zero-order valence-electron chi connectivity index (χ0n) is 70.7.